The molecule has 2 rings (SSSR count). The maximum atomic E-state index is 11.7. The number of rotatable bonds is 5. The molecular weight excluding hydrogens is 250 g/mol. The maximum absolute atomic E-state index is 11.7. The lowest BCUT2D eigenvalue weighted by Crippen LogP contribution is -2.25. The number of amides is 1. The first-order chi connectivity index (χ1) is 9.06. The van der Waals surface area contributed by atoms with E-state index < -0.39 is 11.9 Å². The van der Waals surface area contributed by atoms with Crippen LogP contribution in [-0.2, 0) is 13.5 Å². The van der Waals surface area contributed by atoms with Crippen molar-refractivity contribution in [2.45, 2.75) is 6.42 Å². The SMILES string of the molecule is Cn1cc(CCNC(=O)c2cc(C(=O)O)co2)cn1. The highest BCUT2D eigenvalue weighted by Crippen LogP contribution is 2.07. The molecule has 2 aromatic rings. The van der Waals surface area contributed by atoms with Crippen molar-refractivity contribution >= 4 is 11.9 Å². The summed E-state index contributed by atoms with van der Waals surface area (Å²) in [4.78, 5) is 22.3. The van der Waals surface area contributed by atoms with Gasteiger partial charge in [-0.1, -0.05) is 0 Å². The van der Waals surface area contributed by atoms with E-state index in [0.717, 1.165) is 11.8 Å². The van der Waals surface area contributed by atoms with Crippen molar-refractivity contribution in [2.75, 3.05) is 6.54 Å². The van der Waals surface area contributed by atoms with E-state index in [1.807, 2.05) is 13.2 Å². The first-order valence-electron chi connectivity index (χ1n) is 5.64. The fraction of sp³-hybridized carbons (Fsp3) is 0.250. The Labute approximate surface area is 108 Å². The van der Waals surface area contributed by atoms with Gasteiger partial charge in [0.1, 0.15) is 6.26 Å². The molecule has 2 heterocycles. The molecule has 0 saturated carbocycles. The third kappa shape index (κ3) is 3.21. The lowest BCUT2D eigenvalue weighted by atomic mass is 10.2. The highest BCUT2D eigenvalue weighted by atomic mass is 16.4. The summed E-state index contributed by atoms with van der Waals surface area (Å²) in [6, 6.07) is 1.20. The van der Waals surface area contributed by atoms with Gasteiger partial charge in [0.05, 0.1) is 11.8 Å². The Morgan fingerprint density at radius 3 is 2.89 bits per heavy atom. The van der Waals surface area contributed by atoms with Gasteiger partial charge in [0.2, 0.25) is 0 Å². The standard InChI is InChI=1S/C12H13N3O4/c1-15-6-8(5-14-15)2-3-13-11(16)10-4-9(7-19-10)12(17)18/h4-7H,2-3H2,1H3,(H,13,16)(H,17,18). The zero-order chi connectivity index (χ0) is 13.8. The van der Waals surface area contributed by atoms with E-state index in [1.165, 1.54) is 6.07 Å². The third-order valence-electron chi connectivity index (χ3n) is 2.53. The number of carbonyl (C=O) groups is 2. The van der Waals surface area contributed by atoms with E-state index in [4.69, 9.17) is 9.52 Å². The van der Waals surface area contributed by atoms with Gasteiger partial charge >= 0.3 is 5.97 Å². The van der Waals surface area contributed by atoms with Crippen molar-refractivity contribution in [1.29, 1.82) is 0 Å². The number of nitrogens with zero attached hydrogens (tertiary/aromatic N) is 2. The summed E-state index contributed by atoms with van der Waals surface area (Å²) in [5.41, 5.74) is 0.964. The molecule has 2 aromatic heterocycles. The summed E-state index contributed by atoms with van der Waals surface area (Å²) in [5, 5.41) is 15.4. The predicted octanol–water partition coefficient (Wildman–Crippen LogP) is 0.684. The lowest BCUT2D eigenvalue weighted by molar-refractivity contribution is 0.0696. The number of furan rings is 1. The summed E-state index contributed by atoms with van der Waals surface area (Å²) < 4.78 is 6.57. The highest BCUT2D eigenvalue weighted by Gasteiger charge is 2.14. The summed E-state index contributed by atoms with van der Waals surface area (Å²) in [6.45, 7) is 0.424. The van der Waals surface area contributed by atoms with Crippen LogP contribution in [0.25, 0.3) is 0 Å². The van der Waals surface area contributed by atoms with Gasteiger partial charge in [-0.3, -0.25) is 9.48 Å². The average molecular weight is 263 g/mol. The molecule has 1 amide bonds. The summed E-state index contributed by atoms with van der Waals surface area (Å²) in [6.07, 6.45) is 5.27. The van der Waals surface area contributed by atoms with Crippen molar-refractivity contribution in [3.63, 3.8) is 0 Å². The fourth-order valence-corrected chi connectivity index (χ4v) is 1.58. The summed E-state index contributed by atoms with van der Waals surface area (Å²) in [5.74, 6) is -1.57. The van der Waals surface area contributed by atoms with Gasteiger partial charge < -0.3 is 14.8 Å². The Morgan fingerprint density at radius 2 is 2.32 bits per heavy atom. The number of hydrogen-bond donors (Lipinski definition) is 2. The van der Waals surface area contributed by atoms with E-state index in [0.29, 0.717) is 13.0 Å². The quantitative estimate of drug-likeness (QED) is 0.826. The summed E-state index contributed by atoms with van der Waals surface area (Å²) in [7, 11) is 1.82. The molecule has 0 aliphatic heterocycles. The number of hydrogen-bond acceptors (Lipinski definition) is 4. The molecule has 0 saturated heterocycles. The van der Waals surface area contributed by atoms with Crippen molar-refractivity contribution in [3.05, 3.63) is 41.6 Å². The highest BCUT2D eigenvalue weighted by molar-refractivity contribution is 5.95. The van der Waals surface area contributed by atoms with Crippen LogP contribution in [0, 0.1) is 0 Å². The van der Waals surface area contributed by atoms with Gasteiger partial charge in [0, 0.05) is 25.9 Å². The van der Waals surface area contributed by atoms with Crippen molar-refractivity contribution in [1.82, 2.24) is 15.1 Å². The van der Waals surface area contributed by atoms with Gasteiger partial charge in [0.15, 0.2) is 5.76 Å². The molecule has 0 unspecified atom stereocenters. The molecule has 0 aromatic carbocycles. The largest absolute Gasteiger partial charge is 0.478 e. The maximum Gasteiger partial charge on any atom is 0.338 e. The average Bonchev–Trinajstić information content (AvgIpc) is 2.98. The molecule has 100 valence electrons. The molecular formula is C12H13N3O4. The minimum absolute atomic E-state index is 0.0106. The van der Waals surface area contributed by atoms with Crippen molar-refractivity contribution in [3.8, 4) is 0 Å². The van der Waals surface area contributed by atoms with E-state index in [1.54, 1.807) is 10.9 Å². The normalized spacial score (nSPS) is 10.4. The van der Waals surface area contributed by atoms with Crippen LogP contribution < -0.4 is 5.32 Å². The van der Waals surface area contributed by atoms with Crippen molar-refractivity contribution < 1.29 is 19.1 Å². The van der Waals surface area contributed by atoms with Crippen LogP contribution in [0.1, 0.15) is 26.5 Å². The molecule has 7 heteroatoms. The number of carboxylic acid groups (broad SMARTS) is 1. The topological polar surface area (TPSA) is 97.4 Å². The van der Waals surface area contributed by atoms with E-state index >= 15 is 0 Å². The van der Waals surface area contributed by atoms with Crippen LogP contribution in [-0.4, -0.2) is 33.3 Å². The summed E-state index contributed by atoms with van der Waals surface area (Å²) >= 11 is 0. The van der Waals surface area contributed by atoms with Crippen LogP contribution in [0.4, 0.5) is 0 Å². The third-order valence-corrected chi connectivity index (χ3v) is 2.53. The Bertz CT molecular complexity index is 600. The van der Waals surface area contributed by atoms with Crippen LogP contribution in [0.5, 0.6) is 0 Å². The molecule has 0 radical (unpaired) electrons. The van der Waals surface area contributed by atoms with Crippen LogP contribution in [0.15, 0.2) is 29.1 Å². The minimum atomic E-state index is -1.13. The molecule has 0 aliphatic rings. The number of carboxylic acids is 1. The van der Waals surface area contributed by atoms with Gasteiger partial charge in [-0.25, -0.2) is 4.79 Å². The first kappa shape index (κ1) is 12.9. The van der Waals surface area contributed by atoms with Crippen LogP contribution in [0.3, 0.4) is 0 Å². The van der Waals surface area contributed by atoms with Crippen molar-refractivity contribution in [2.24, 2.45) is 7.05 Å². The Balaban J connectivity index is 1.85. The second-order valence-electron chi connectivity index (χ2n) is 4.03. The minimum Gasteiger partial charge on any atom is -0.478 e. The first-order valence-corrected chi connectivity index (χ1v) is 5.64. The number of carbonyl (C=O) groups excluding carboxylic acids is 1. The van der Waals surface area contributed by atoms with Gasteiger partial charge in [-0.2, -0.15) is 5.10 Å². The number of aromatic carboxylic acids is 1. The second kappa shape index (κ2) is 5.38. The zero-order valence-electron chi connectivity index (χ0n) is 10.3. The molecule has 0 fully saturated rings. The van der Waals surface area contributed by atoms with Gasteiger partial charge in [-0.05, 0) is 12.0 Å². The van der Waals surface area contributed by atoms with Gasteiger partial charge in [-0.15, -0.1) is 0 Å². The molecule has 0 bridgehead atoms. The number of nitrogens with one attached hydrogen (secondary N) is 1. The lowest BCUT2D eigenvalue weighted by Gasteiger charge is -2.00. The number of aryl methyl sites for hydroxylation is 1. The molecule has 0 atom stereocenters. The predicted molar refractivity (Wildman–Crippen MR) is 64.9 cm³/mol. The molecule has 19 heavy (non-hydrogen) atoms. The smallest absolute Gasteiger partial charge is 0.338 e. The Morgan fingerprint density at radius 1 is 1.53 bits per heavy atom. The van der Waals surface area contributed by atoms with E-state index in [-0.39, 0.29) is 11.3 Å². The molecule has 2 N–H and O–H groups in total. The van der Waals surface area contributed by atoms with E-state index in [2.05, 4.69) is 10.4 Å². The van der Waals surface area contributed by atoms with Crippen LogP contribution in [0.2, 0.25) is 0 Å². The Kier molecular flexibility index (Phi) is 3.65. The zero-order valence-corrected chi connectivity index (χ0v) is 10.3. The van der Waals surface area contributed by atoms with E-state index in [9.17, 15) is 9.59 Å². The molecule has 0 spiro atoms. The number of aromatic nitrogens is 2. The van der Waals surface area contributed by atoms with Crippen LogP contribution >= 0.6 is 0 Å². The fourth-order valence-electron chi connectivity index (χ4n) is 1.58. The Hall–Kier alpha value is -2.57. The second-order valence-corrected chi connectivity index (χ2v) is 4.03. The molecule has 0 aliphatic carbocycles. The molecule has 7 nitrogen and oxygen atoms in total. The monoisotopic (exact) mass is 263 g/mol. The van der Waals surface area contributed by atoms with Gasteiger partial charge in [0.25, 0.3) is 5.91 Å².